The fourth-order valence-electron chi connectivity index (χ4n) is 3.78. The lowest BCUT2D eigenvalue weighted by Crippen LogP contribution is -2.36. The molecule has 0 bridgehead atoms. The number of anilines is 2. The quantitative estimate of drug-likeness (QED) is 0.638. The predicted octanol–water partition coefficient (Wildman–Crippen LogP) is 4.46. The van der Waals surface area contributed by atoms with Gasteiger partial charge in [-0.2, -0.15) is 4.98 Å². The number of nitrogens with zero attached hydrogens (tertiary/aromatic N) is 3. The van der Waals surface area contributed by atoms with Gasteiger partial charge in [0.25, 0.3) is 0 Å². The fourth-order valence-corrected chi connectivity index (χ4v) is 3.94. The smallest absolute Gasteiger partial charge is 0.225 e. The van der Waals surface area contributed by atoms with E-state index < -0.39 is 0 Å². The highest BCUT2D eigenvalue weighted by molar-refractivity contribution is 6.28. The van der Waals surface area contributed by atoms with Gasteiger partial charge in [-0.25, -0.2) is 4.98 Å². The van der Waals surface area contributed by atoms with E-state index in [4.69, 9.17) is 26.0 Å². The van der Waals surface area contributed by atoms with E-state index in [-0.39, 0.29) is 0 Å². The summed E-state index contributed by atoms with van der Waals surface area (Å²) in [6.45, 7) is 0.718. The third-order valence-corrected chi connectivity index (χ3v) is 5.46. The molecule has 0 unspecified atom stereocenters. The minimum absolute atomic E-state index is 0.396. The lowest BCUT2D eigenvalue weighted by Gasteiger charge is -2.30. The Hall–Kier alpha value is -2.31. The Kier molecular flexibility index (Phi) is 5.69. The molecule has 148 valence electrons. The van der Waals surface area contributed by atoms with Gasteiger partial charge in [0.15, 0.2) is 5.22 Å². The molecule has 0 atom stereocenters. The molecule has 1 aliphatic carbocycles. The van der Waals surface area contributed by atoms with Crippen LogP contribution in [0, 0.1) is 0 Å². The molecule has 0 radical (unpaired) electrons. The lowest BCUT2D eigenvalue weighted by atomic mass is 9.91. The number of benzene rings is 1. The number of fused-ring (bicyclic) bond motifs is 1. The second-order valence-corrected chi connectivity index (χ2v) is 7.93. The Labute approximate surface area is 170 Å². The van der Waals surface area contributed by atoms with Crippen molar-refractivity contribution in [2.45, 2.75) is 44.3 Å². The first-order valence-corrected chi connectivity index (χ1v) is 10.1. The molecule has 0 spiro atoms. The minimum atomic E-state index is 0.396. The molecule has 1 aromatic carbocycles. The molecule has 2 N–H and O–H groups in total. The maximum absolute atomic E-state index is 5.83. The van der Waals surface area contributed by atoms with Gasteiger partial charge in [-0.1, -0.05) is 12.1 Å². The summed E-state index contributed by atoms with van der Waals surface area (Å²) in [6.07, 6.45) is 4.40. The molecule has 2 heterocycles. The fraction of sp³-hybridized carbons (Fsp3) is 0.429. The summed E-state index contributed by atoms with van der Waals surface area (Å²) < 4.78 is 5.41. The molecule has 2 aromatic heterocycles. The van der Waals surface area contributed by atoms with Crippen LogP contribution >= 0.6 is 11.6 Å². The number of hydrogen-bond acceptors (Lipinski definition) is 6. The van der Waals surface area contributed by atoms with Crippen molar-refractivity contribution >= 4 is 34.3 Å². The zero-order valence-corrected chi connectivity index (χ0v) is 17.0. The van der Waals surface area contributed by atoms with Crippen LogP contribution in [0.5, 0.6) is 0 Å². The molecular weight excluding hydrogens is 374 g/mol. The first-order valence-electron chi connectivity index (χ1n) is 9.77. The average molecular weight is 400 g/mol. The summed E-state index contributed by atoms with van der Waals surface area (Å²) in [7, 11) is 4.03. The van der Waals surface area contributed by atoms with Gasteiger partial charge in [-0.15, -0.1) is 0 Å². The maximum Gasteiger partial charge on any atom is 0.225 e. The number of rotatable bonds is 6. The molecule has 0 saturated heterocycles. The minimum Gasteiger partial charge on any atom is -0.448 e. The van der Waals surface area contributed by atoms with Gasteiger partial charge in [0, 0.05) is 31.6 Å². The van der Waals surface area contributed by atoms with Crippen molar-refractivity contribution in [1.82, 2.24) is 15.3 Å². The van der Waals surface area contributed by atoms with Crippen LogP contribution in [-0.4, -0.2) is 36.1 Å². The molecular formula is C21H26ClN5O. The summed E-state index contributed by atoms with van der Waals surface area (Å²) in [5.41, 5.74) is 0.969. The molecule has 6 nitrogen and oxygen atoms in total. The average Bonchev–Trinajstić information content (AvgIpc) is 3.12. The van der Waals surface area contributed by atoms with Crippen molar-refractivity contribution < 1.29 is 4.42 Å². The van der Waals surface area contributed by atoms with Gasteiger partial charge in [0.05, 0.1) is 12.1 Å². The summed E-state index contributed by atoms with van der Waals surface area (Å²) in [5.74, 6) is 2.54. The number of para-hydroxylation sites is 1. The third kappa shape index (κ3) is 4.39. The zero-order chi connectivity index (χ0) is 19.5. The highest BCUT2D eigenvalue weighted by atomic mass is 35.5. The van der Waals surface area contributed by atoms with Crippen molar-refractivity contribution in [3.05, 3.63) is 47.4 Å². The first kappa shape index (κ1) is 19.0. The van der Waals surface area contributed by atoms with E-state index >= 15 is 0 Å². The summed E-state index contributed by atoms with van der Waals surface area (Å²) in [4.78, 5) is 11.5. The number of halogens is 1. The van der Waals surface area contributed by atoms with Gasteiger partial charge >= 0.3 is 0 Å². The lowest BCUT2D eigenvalue weighted by molar-refractivity contribution is 0.340. The third-order valence-electron chi connectivity index (χ3n) is 5.26. The van der Waals surface area contributed by atoms with Crippen LogP contribution in [0.15, 0.2) is 40.8 Å². The number of nitrogens with one attached hydrogen (secondary N) is 2. The number of furan rings is 1. The van der Waals surface area contributed by atoms with E-state index in [1.807, 2.05) is 43.3 Å². The standard InChI is InChI=1S/C21H26ClN5O/c1-27(2)20-17-5-3-4-6-18(17)25-21(26-20)24-15-9-7-14(8-10-15)23-13-16-11-12-19(22)28-16/h3-6,11-12,14-15,23H,7-10,13H2,1-2H3,(H,24,25,26). The Balaban J connectivity index is 1.35. The van der Waals surface area contributed by atoms with Crippen LogP contribution in [0.4, 0.5) is 11.8 Å². The molecule has 0 amide bonds. The van der Waals surface area contributed by atoms with E-state index in [1.54, 1.807) is 6.07 Å². The largest absolute Gasteiger partial charge is 0.448 e. The normalized spacial score (nSPS) is 19.7. The van der Waals surface area contributed by atoms with E-state index in [0.29, 0.717) is 23.3 Å². The highest BCUT2D eigenvalue weighted by Crippen LogP contribution is 2.26. The molecule has 3 aromatic rings. The van der Waals surface area contributed by atoms with Crippen LogP contribution < -0.4 is 15.5 Å². The van der Waals surface area contributed by atoms with Crippen molar-refractivity contribution in [2.24, 2.45) is 0 Å². The van der Waals surface area contributed by atoms with Gasteiger partial charge in [0.1, 0.15) is 11.6 Å². The zero-order valence-electron chi connectivity index (χ0n) is 16.3. The van der Waals surface area contributed by atoms with Gasteiger partial charge in [-0.3, -0.25) is 0 Å². The Bertz CT molecular complexity index is 933. The Morgan fingerprint density at radius 1 is 1.04 bits per heavy atom. The van der Waals surface area contributed by atoms with E-state index in [2.05, 4.69) is 16.7 Å². The second kappa shape index (κ2) is 8.37. The van der Waals surface area contributed by atoms with Gasteiger partial charge in [0.2, 0.25) is 5.95 Å². The van der Waals surface area contributed by atoms with Gasteiger partial charge in [-0.05, 0) is 61.5 Å². The van der Waals surface area contributed by atoms with Crippen LogP contribution in [0.1, 0.15) is 31.4 Å². The van der Waals surface area contributed by atoms with E-state index in [9.17, 15) is 0 Å². The van der Waals surface area contributed by atoms with Crippen LogP contribution in [0.2, 0.25) is 5.22 Å². The van der Waals surface area contributed by atoms with Crippen molar-refractivity contribution in [3.8, 4) is 0 Å². The van der Waals surface area contributed by atoms with E-state index in [1.165, 1.54) is 0 Å². The molecule has 0 aliphatic heterocycles. The number of aromatic nitrogens is 2. The Morgan fingerprint density at radius 2 is 1.79 bits per heavy atom. The van der Waals surface area contributed by atoms with Crippen molar-refractivity contribution in [1.29, 1.82) is 0 Å². The van der Waals surface area contributed by atoms with Gasteiger partial charge < -0.3 is 20.0 Å². The molecule has 1 aliphatic rings. The van der Waals surface area contributed by atoms with Crippen LogP contribution in [-0.2, 0) is 6.54 Å². The van der Waals surface area contributed by atoms with Crippen molar-refractivity contribution in [2.75, 3.05) is 24.3 Å². The summed E-state index contributed by atoms with van der Waals surface area (Å²) in [6, 6.07) is 12.7. The molecule has 4 rings (SSSR count). The topological polar surface area (TPSA) is 66.2 Å². The van der Waals surface area contributed by atoms with Crippen LogP contribution in [0.3, 0.4) is 0 Å². The summed E-state index contributed by atoms with van der Waals surface area (Å²) in [5, 5.41) is 8.63. The van der Waals surface area contributed by atoms with Crippen LogP contribution in [0.25, 0.3) is 10.9 Å². The predicted molar refractivity (Wildman–Crippen MR) is 114 cm³/mol. The molecule has 1 fully saturated rings. The monoisotopic (exact) mass is 399 g/mol. The molecule has 28 heavy (non-hydrogen) atoms. The highest BCUT2D eigenvalue weighted by Gasteiger charge is 2.22. The molecule has 1 saturated carbocycles. The second-order valence-electron chi connectivity index (χ2n) is 7.56. The van der Waals surface area contributed by atoms with Crippen molar-refractivity contribution in [3.63, 3.8) is 0 Å². The Morgan fingerprint density at radius 3 is 2.50 bits per heavy atom. The first-order chi connectivity index (χ1) is 13.6. The van der Waals surface area contributed by atoms with E-state index in [0.717, 1.165) is 54.7 Å². The molecule has 7 heteroatoms. The SMILES string of the molecule is CN(C)c1nc(NC2CCC(NCc3ccc(Cl)o3)CC2)nc2ccccc12. The summed E-state index contributed by atoms with van der Waals surface area (Å²) >= 11 is 5.83. The number of hydrogen-bond donors (Lipinski definition) is 2. The maximum atomic E-state index is 5.83.